The third-order valence-electron chi connectivity index (χ3n) is 3.34. The molecule has 0 atom stereocenters. The zero-order valence-corrected chi connectivity index (χ0v) is 10.0. The van der Waals surface area contributed by atoms with Gasteiger partial charge in [-0.2, -0.15) is 9.97 Å². The summed E-state index contributed by atoms with van der Waals surface area (Å²) in [4.78, 5) is 10.9. The number of hydrogen-bond donors (Lipinski definition) is 2. The van der Waals surface area contributed by atoms with Crippen molar-refractivity contribution in [3.63, 3.8) is 0 Å². The molecule has 1 saturated carbocycles. The number of aromatic nitrogens is 2. The first-order valence-corrected chi connectivity index (χ1v) is 6.47. The Morgan fingerprint density at radius 2 is 1.94 bits per heavy atom. The molecule has 17 heavy (non-hydrogen) atoms. The lowest BCUT2D eigenvalue weighted by Crippen LogP contribution is -2.30. The molecule has 1 aromatic heterocycles. The maximum Gasteiger partial charge on any atom is 0.223 e. The van der Waals surface area contributed by atoms with Crippen LogP contribution in [-0.4, -0.2) is 29.1 Å². The molecule has 5 nitrogen and oxygen atoms in total. The van der Waals surface area contributed by atoms with Crippen LogP contribution in [0.4, 0.5) is 17.6 Å². The molecular formula is C12H19N5. The molecule has 0 unspecified atom stereocenters. The van der Waals surface area contributed by atoms with Crippen LogP contribution in [0.5, 0.6) is 0 Å². The van der Waals surface area contributed by atoms with Crippen molar-refractivity contribution in [2.45, 2.75) is 38.1 Å². The topological polar surface area (TPSA) is 67.1 Å². The molecule has 1 aromatic rings. The van der Waals surface area contributed by atoms with Crippen molar-refractivity contribution >= 4 is 17.6 Å². The van der Waals surface area contributed by atoms with Crippen molar-refractivity contribution in [1.29, 1.82) is 0 Å². The molecule has 0 spiro atoms. The van der Waals surface area contributed by atoms with Gasteiger partial charge in [-0.3, -0.25) is 0 Å². The summed E-state index contributed by atoms with van der Waals surface area (Å²) in [7, 11) is 0. The number of nitrogens with two attached hydrogens (primary N) is 1. The van der Waals surface area contributed by atoms with Gasteiger partial charge in [0.1, 0.15) is 11.6 Å². The summed E-state index contributed by atoms with van der Waals surface area (Å²) in [6.45, 7) is 2.17. The number of rotatable bonds is 3. The average Bonchev–Trinajstić information content (AvgIpc) is 3.13. The first-order valence-electron chi connectivity index (χ1n) is 6.47. The third-order valence-corrected chi connectivity index (χ3v) is 3.34. The van der Waals surface area contributed by atoms with Crippen molar-refractivity contribution in [3.8, 4) is 0 Å². The van der Waals surface area contributed by atoms with E-state index in [2.05, 4.69) is 20.2 Å². The fourth-order valence-electron chi connectivity index (χ4n) is 2.25. The number of hydrogen-bond acceptors (Lipinski definition) is 5. The minimum absolute atomic E-state index is 0.372. The van der Waals surface area contributed by atoms with Crippen LogP contribution in [-0.2, 0) is 0 Å². The number of nitrogens with one attached hydrogen (secondary N) is 1. The second kappa shape index (κ2) is 4.39. The van der Waals surface area contributed by atoms with E-state index in [1.807, 2.05) is 6.07 Å². The Morgan fingerprint density at radius 1 is 1.18 bits per heavy atom. The van der Waals surface area contributed by atoms with Gasteiger partial charge in [0, 0.05) is 25.2 Å². The molecule has 0 radical (unpaired) electrons. The normalized spacial score (nSPS) is 20.4. The highest BCUT2D eigenvalue weighted by molar-refractivity contribution is 5.53. The van der Waals surface area contributed by atoms with Gasteiger partial charge in [-0.05, 0) is 32.1 Å². The molecule has 2 fully saturated rings. The minimum Gasteiger partial charge on any atom is -0.368 e. The Hall–Kier alpha value is -1.52. The Labute approximate surface area is 101 Å². The van der Waals surface area contributed by atoms with Crippen LogP contribution in [0.1, 0.15) is 32.1 Å². The Kier molecular flexibility index (Phi) is 2.74. The zero-order valence-electron chi connectivity index (χ0n) is 10.0. The summed E-state index contributed by atoms with van der Waals surface area (Å²) in [5.41, 5.74) is 5.77. The van der Waals surface area contributed by atoms with Gasteiger partial charge in [0.2, 0.25) is 5.95 Å². The highest BCUT2D eigenvalue weighted by Gasteiger charge is 2.22. The molecular weight excluding hydrogens is 214 g/mol. The first-order chi connectivity index (χ1) is 8.31. The van der Waals surface area contributed by atoms with Gasteiger partial charge in [0.25, 0.3) is 0 Å². The van der Waals surface area contributed by atoms with Crippen molar-refractivity contribution in [2.75, 3.05) is 29.0 Å². The van der Waals surface area contributed by atoms with E-state index in [1.54, 1.807) is 0 Å². The predicted octanol–water partition coefficient (Wildman–Crippen LogP) is 1.62. The molecule has 0 bridgehead atoms. The van der Waals surface area contributed by atoms with Crippen LogP contribution in [0.3, 0.4) is 0 Å². The van der Waals surface area contributed by atoms with E-state index >= 15 is 0 Å². The number of nitrogens with zero attached hydrogens (tertiary/aromatic N) is 3. The van der Waals surface area contributed by atoms with Gasteiger partial charge in [-0.15, -0.1) is 0 Å². The van der Waals surface area contributed by atoms with Crippen molar-refractivity contribution < 1.29 is 0 Å². The SMILES string of the molecule is Nc1nc(NC2CC2)cc(N2CCCCC2)n1. The van der Waals surface area contributed by atoms with Gasteiger partial charge < -0.3 is 16.0 Å². The first kappa shape index (κ1) is 10.6. The summed E-state index contributed by atoms with van der Waals surface area (Å²) < 4.78 is 0. The third kappa shape index (κ3) is 2.60. The molecule has 5 heteroatoms. The number of piperidine rings is 1. The maximum atomic E-state index is 5.77. The van der Waals surface area contributed by atoms with E-state index in [0.29, 0.717) is 12.0 Å². The van der Waals surface area contributed by atoms with Crippen molar-refractivity contribution in [2.24, 2.45) is 0 Å². The summed E-state index contributed by atoms with van der Waals surface area (Å²) in [6.07, 6.45) is 6.29. The second-order valence-corrected chi connectivity index (χ2v) is 4.94. The van der Waals surface area contributed by atoms with E-state index in [1.165, 1.54) is 32.1 Å². The van der Waals surface area contributed by atoms with Gasteiger partial charge in [-0.25, -0.2) is 0 Å². The molecule has 3 rings (SSSR count). The lowest BCUT2D eigenvalue weighted by Gasteiger charge is -2.28. The molecule has 1 aliphatic carbocycles. The van der Waals surface area contributed by atoms with Crippen LogP contribution in [0.15, 0.2) is 6.07 Å². The van der Waals surface area contributed by atoms with Gasteiger partial charge in [0.15, 0.2) is 0 Å². The minimum atomic E-state index is 0.372. The number of nitrogen functional groups attached to an aromatic ring is 1. The second-order valence-electron chi connectivity index (χ2n) is 4.94. The van der Waals surface area contributed by atoms with E-state index in [9.17, 15) is 0 Å². The van der Waals surface area contributed by atoms with E-state index in [0.717, 1.165) is 24.7 Å². The highest BCUT2D eigenvalue weighted by Crippen LogP contribution is 2.26. The lowest BCUT2D eigenvalue weighted by atomic mass is 10.1. The summed E-state index contributed by atoms with van der Waals surface area (Å²) in [6, 6.07) is 2.62. The van der Waals surface area contributed by atoms with E-state index in [-0.39, 0.29) is 0 Å². The zero-order chi connectivity index (χ0) is 11.7. The van der Waals surface area contributed by atoms with E-state index < -0.39 is 0 Å². The summed E-state index contributed by atoms with van der Waals surface area (Å²) in [5.74, 6) is 2.22. The van der Waals surface area contributed by atoms with Gasteiger partial charge in [-0.1, -0.05) is 0 Å². The number of anilines is 3. The molecule has 0 amide bonds. The van der Waals surface area contributed by atoms with Gasteiger partial charge in [0.05, 0.1) is 0 Å². The highest BCUT2D eigenvalue weighted by atomic mass is 15.2. The Bertz CT molecular complexity index is 396. The standard InChI is InChI=1S/C12H19N5/c13-12-15-10(14-9-4-5-9)8-11(16-12)17-6-2-1-3-7-17/h8-9H,1-7H2,(H3,13,14,15,16). The van der Waals surface area contributed by atoms with Gasteiger partial charge >= 0.3 is 0 Å². The van der Waals surface area contributed by atoms with E-state index in [4.69, 9.17) is 5.73 Å². The predicted molar refractivity (Wildman–Crippen MR) is 69.2 cm³/mol. The molecule has 92 valence electrons. The molecule has 1 aliphatic heterocycles. The largest absolute Gasteiger partial charge is 0.368 e. The maximum absolute atomic E-state index is 5.77. The summed E-state index contributed by atoms with van der Waals surface area (Å²) >= 11 is 0. The van der Waals surface area contributed by atoms with Crippen LogP contribution in [0.2, 0.25) is 0 Å². The fraction of sp³-hybridized carbons (Fsp3) is 0.667. The smallest absolute Gasteiger partial charge is 0.223 e. The van der Waals surface area contributed by atoms with Crippen LogP contribution < -0.4 is 16.0 Å². The lowest BCUT2D eigenvalue weighted by molar-refractivity contribution is 0.573. The fourth-order valence-corrected chi connectivity index (χ4v) is 2.25. The monoisotopic (exact) mass is 233 g/mol. The van der Waals surface area contributed by atoms with Crippen LogP contribution >= 0.6 is 0 Å². The molecule has 0 aromatic carbocycles. The van der Waals surface area contributed by atoms with Crippen LogP contribution in [0.25, 0.3) is 0 Å². The molecule has 2 aliphatic rings. The summed E-state index contributed by atoms with van der Waals surface area (Å²) in [5, 5.41) is 3.38. The van der Waals surface area contributed by atoms with Crippen LogP contribution in [0, 0.1) is 0 Å². The van der Waals surface area contributed by atoms with Crippen molar-refractivity contribution in [1.82, 2.24) is 9.97 Å². The average molecular weight is 233 g/mol. The van der Waals surface area contributed by atoms with Crippen molar-refractivity contribution in [3.05, 3.63) is 6.07 Å². The Morgan fingerprint density at radius 3 is 2.65 bits per heavy atom. The molecule has 1 saturated heterocycles. The quantitative estimate of drug-likeness (QED) is 0.830. The Balaban J connectivity index is 1.79. The molecule has 2 heterocycles. The molecule has 3 N–H and O–H groups in total.